The Morgan fingerprint density at radius 1 is 1.14 bits per heavy atom. The molecule has 192 valence electrons. The van der Waals surface area contributed by atoms with E-state index in [-0.39, 0.29) is 53.8 Å². The van der Waals surface area contributed by atoms with Gasteiger partial charge in [0, 0.05) is 24.7 Å². The zero-order valence-electron chi connectivity index (χ0n) is 18.5. The number of para-hydroxylation sites is 1. The maximum atomic E-state index is 12.6. The molecule has 1 fully saturated rings. The first-order chi connectivity index (χ1) is 16.6. The Hall–Kier alpha value is -3.29. The van der Waals surface area contributed by atoms with Gasteiger partial charge in [0.2, 0.25) is 11.8 Å². The molecule has 0 unspecified atom stereocenters. The third-order valence-corrected chi connectivity index (χ3v) is 5.57. The first kappa shape index (κ1) is 26.3. The van der Waals surface area contributed by atoms with Gasteiger partial charge in [-0.2, -0.15) is 4.98 Å². The number of nitrogens with zero attached hydrogens (tertiary/aromatic N) is 3. The highest BCUT2D eigenvalue weighted by atomic mass is 19.4. The Morgan fingerprint density at radius 2 is 1.86 bits per heavy atom. The molecule has 1 aromatic carbocycles. The summed E-state index contributed by atoms with van der Waals surface area (Å²) in [6.45, 7) is -0.0659. The van der Waals surface area contributed by atoms with Gasteiger partial charge in [0.25, 0.3) is 6.43 Å². The molecule has 3 rings (SSSR count). The van der Waals surface area contributed by atoms with Crippen LogP contribution in [0.4, 0.5) is 39.4 Å². The van der Waals surface area contributed by atoms with Gasteiger partial charge in [0.05, 0.1) is 11.5 Å². The van der Waals surface area contributed by atoms with Crippen LogP contribution in [0.5, 0.6) is 5.75 Å². The van der Waals surface area contributed by atoms with Gasteiger partial charge in [0.15, 0.2) is 0 Å². The van der Waals surface area contributed by atoms with Gasteiger partial charge < -0.3 is 20.7 Å². The van der Waals surface area contributed by atoms with Crippen LogP contribution in [0.15, 0.2) is 30.5 Å². The molecule has 35 heavy (non-hydrogen) atoms. The minimum absolute atomic E-state index is 0.0141. The van der Waals surface area contributed by atoms with Crippen LogP contribution in [0.2, 0.25) is 0 Å². The van der Waals surface area contributed by atoms with Crippen LogP contribution in [0, 0.1) is 16.0 Å². The Morgan fingerprint density at radius 3 is 2.51 bits per heavy atom. The van der Waals surface area contributed by atoms with Crippen molar-refractivity contribution in [3.8, 4) is 5.75 Å². The van der Waals surface area contributed by atoms with E-state index in [1.807, 2.05) is 0 Å². The maximum Gasteiger partial charge on any atom is 0.573 e. The second-order valence-electron chi connectivity index (χ2n) is 8.09. The molecule has 1 aromatic heterocycles. The van der Waals surface area contributed by atoms with Crippen molar-refractivity contribution in [1.29, 1.82) is 0 Å². The second kappa shape index (κ2) is 11.9. The van der Waals surface area contributed by atoms with Gasteiger partial charge in [-0.3, -0.25) is 10.1 Å². The lowest BCUT2D eigenvalue weighted by molar-refractivity contribution is -0.384. The number of anilines is 2. The number of benzene rings is 1. The lowest BCUT2D eigenvalue weighted by atomic mass is 9.86. The molecule has 0 spiro atoms. The fraction of sp³-hybridized carbons (Fsp3) is 0.524. The highest BCUT2D eigenvalue weighted by molar-refractivity contribution is 5.57. The van der Waals surface area contributed by atoms with Crippen LogP contribution in [-0.4, -0.2) is 46.8 Å². The quantitative estimate of drug-likeness (QED) is 0.229. The Bertz CT molecular complexity index is 986. The molecule has 1 aliphatic carbocycles. The molecule has 0 aliphatic heterocycles. The molecule has 0 saturated heterocycles. The SMILES string of the molecule is O=[N+]([O-])c1cnc(NCc2ccccc2OC(F)(F)F)nc1NC[C@H]1CC[C@H](NCC(F)F)CC1. The van der Waals surface area contributed by atoms with Gasteiger partial charge in [0.1, 0.15) is 11.9 Å². The van der Waals surface area contributed by atoms with Crippen LogP contribution >= 0.6 is 0 Å². The number of alkyl halides is 5. The highest BCUT2D eigenvalue weighted by Gasteiger charge is 2.32. The summed E-state index contributed by atoms with van der Waals surface area (Å²) in [7, 11) is 0. The summed E-state index contributed by atoms with van der Waals surface area (Å²) in [5.41, 5.74) is -0.151. The molecule has 1 heterocycles. The van der Waals surface area contributed by atoms with E-state index in [9.17, 15) is 32.1 Å². The van der Waals surface area contributed by atoms with E-state index in [1.54, 1.807) is 6.07 Å². The second-order valence-corrected chi connectivity index (χ2v) is 8.09. The van der Waals surface area contributed by atoms with Crippen molar-refractivity contribution < 1.29 is 31.6 Å². The summed E-state index contributed by atoms with van der Waals surface area (Å²) in [6.07, 6.45) is -3.28. The number of nitro groups is 1. The molecular weight excluding hydrogens is 479 g/mol. The number of hydrogen-bond acceptors (Lipinski definition) is 8. The molecule has 0 atom stereocenters. The van der Waals surface area contributed by atoms with E-state index in [1.165, 1.54) is 18.2 Å². The lowest BCUT2D eigenvalue weighted by Gasteiger charge is -2.29. The summed E-state index contributed by atoms with van der Waals surface area (Å²) in [5.74, 6) is -0.242. The minimum Gasteiger partial charge on any atom is -0.405 e. The average molecular weight is 504 g/mol. The maximum absolute atomic E-state index is 12.6. The monoisotopic (exact) mass is 504 g/mol. The van der Waals surface area contributed by atoms with Crippen molar-refractivity contribution in [2.45, 2.75) is 51.1 Å². The number of nitrogens with one attached hydrogen (secondary N) is 3. The molecule has 1 saturated carbocycles. The summed E-state index contributed by atoms with van der Waals surface area (Å²) in [6, 6.07) is 5.57. The fourth-order valence-corrected chi connectivity index (χ4v) is 3.84. The standard InChI is InChI=1S/C21H25F5N6O3/c22-18(23)12-27-15-7-5-13(6-8-15)9-28-19-16(32(33)34)11-30-20(31-19)29-10-14-3-1-2-4-17(14)35-21(24,25)26/h1-4,11,13,15,18,27H,5-10,12H2,(H2,28,29,30,31)/t13-,15-. The lowest BCUT2D eigenvalue weighted by Crippen LogP contribution is -2.37. The third-order valence-electron chi connectivity index (χ3n) is 5.57. The fourth-order valence-electron chi connectivity index (χ4n) is 3.84. The number of rotatable bonds is 11. The molecule has 3 N–H and O–H groups in total. The number of ether oxygens (including phenoxy) is 1. The van der Waals surface area contributed by atoms with E-state index >= 15 is 0 Å². The summed E-state index contributed by atoms with van der Waals surface area (Å²) < 4.78 is 66.6. The van der Waals surface area contributed by atoms with Crippen molar-refractivity contribution in [1.82, 2.24) is 15.3 Å². The first-order valence-electron chi connectivity index (χ1n) is 10.9. The number of aromatic nitrogens is 2. The summed E-state index contributed by atoms with van der Waals surface area (Å²) >= 11 is 0. The largest absolute Gasteiger partial charge is 0.573 e. The molecule has 1 aliphatic rings. The van der Waals surface area contributed by atoms with Crippen LogP contribution < -0.4 is 20.7 Å². The normalized spacial score (nSPS) is 18.3. The zero-order chi connectivity index (χ0) is 25.4. The van der Waals surface area contributed by atoms with E-state index in [2.05, 4.69) is 30.7 Å². The molecule has 0 amide bonds. The van der Waals surface area contributed by atoms with Crippen LogP contribution in [-0.2, 0) is 6.54 Å². The predicted molar refractivity (Wildman–Crippen MR) is 117 cm³/mol. The van der Waals surface area contributed by atoms with Gasteiger partial charge in [-0.05, 0) is 37.7 Å². The van der Waals surface area contributed by atoms with E-state index in [0.29, 0.717) is 6.54 Å². The van der Waals surface area contributed by atoms with Crippen molar-refractivity contribution in [3.05, 3.63) is 46.1 Å². The van der Waals surface area contributed by atoms with E-state index in [0.717, 1.165) is 31.9 Å². The Kier molecular flexibility index (Phi) is 8.95. The van der Waals surface area contributed by atoms with Crippen molar-refractivity contribution >= 4 is 17.5 Å². The van der Waals surface area contributed by atoms with Gasteiger partial charge >= 0.3 is 12.0 Å². The Labute approximate surface area is 197 Å². The molecule has 0 bridgehead atoms. The van der Waals surface area contributed by atoms with Crippen LogP contribution in [0.3, 0.4) is 0 Å². The van der Waals surface area contributed by atoms with Gasteiger partial charge in [-0.15, -0.1) is 13.2 Å². The van der Waals surface area contributed by atoms with Crippen molar-refractivity contribution in [3.63, 3.8) is 0 Å². The van der Waals surface area contributed by atoms with Crippen LogP contribution in [0.25, 0.3) is 0 Å². The summed E-state index contributed by atoms with van der Waals surface area (Å²) in [5, 5.41) is 19.9. The van der Waals surface area contributed by atoms with Crippen molar-refractivity contribution in [2.24, 2.45) is 5.92 Å². The smallest absolute Gasteiger partial charge is 0.405 e. The topological polar surface area (TPSA) is 114 Å². The Balaban J connectivity index is 1.60. The van der Waals surface area contributed by atoms with Gasteiger partial charge in [-0.1, -0.05) is 18.2 Å². The molecule has 14 heteroatoms. The first-order valence-corrected chi connectivity index (χ1v) is 10.9. The van der Waals surface area contributed by atoms with E-state index in [4.69, 9.17) is 0 Å². The molecule has 9 nitrogen and oxygen atoms in total. The van der Waals surface area contributed by atoms with Gasteiger partial charge in [-0.25, -0.2) is 13.8 Å². The third kappa shape index (κ3) is 8.46. The number of halogens is 5. The molecular formula is C21H25F5N6O3. The van der Waals surface area contributed by atoms with Crippen molar-refractivity contribution in [2.75, 3.05) is 23.7 Å². The minimum atomic E-state index is -4.85. The van der Waals surface area contributed by atoms with Crippen LogP contribution in [0.1, 0.15) is 31.2 Å². The highest BCUT2D eigenvalue weighted by Crippen LogP contribution is 2.29. The average Bonchev–Trinajstić information content (AvgIpc) is 2.80. The zero-order valence-corrected chi connectivity index (χ0v) is 18.5. The number of hydrogen-bond donors (Lipinski definition) is 3. The molecule has 0 radical (unpaired) electrons. The summed E-state index contributed by atoms with van der Waals surface area (Å²) in [4.78, 5) is 18.8. The predicted octanol–water partition coefficient (Wildman–Crippen LogP) is 4.72. The van der Waals surface area contributed by atoms with E-state index < -0.39 is 17.7 Å². The molecule has 2 aromatic rings.